The first kappa shape index (κ1) is 25.4. The average Bonchev–Trinajstić information content (AvgIpc) is 3.12. The zero-order valence-electron chi connectivity index (χ0n) is 19.4. The first-order valence-electron chi connectivity index (χ1n) is 11.1. The monoisotopic (exact) mass is 540 g/mol. The molecular weight excluding hydrogens is 503 g/mol. The molecule has 3 rings (SSSR count). The lowest BCUT2D eigenvalue weighted by molar-refractivity contribution is 0.191. The number of benzene rings is 1. The van der Waals surface area contributed by atoms with E-state index in [2.05, 4.69) is 76.3 Å². The van der Waals surface area contributed by atoms with Gasteiger partial charge in [0.05, 0.1) is 12.6 Å². The summed E-state index contributed by atoms with van der Waals surface area (Å²) in [7, 11) is 1.78. The predicted molar refractivity (Wildman–Crippen MR) is 136 cm³/mol. The average molecular weight is 540 g/mol. The summed E-state index contributed by atoms with van der Waals surface area (Å²) in [5.74, 6) is 4.35. The Morgan fingerprint density at radius 1 is 1.16 bits per heavy atom. The van der Waals surface area contributed by atoms with Crippen LogP contribution in [0.2, 0.25) is 0 Å². The van der Waals surface area contributed by atoms with E-state index in [1.165, 1.54) is 18.4 Å². The van der Waals surface area contributed by atoms with Crippen molar-refractivity contribution >= 4 is 29.9 Å². The number of guanidine groups is 1. The fraction of sp³-hybridized carbons (Fsp3) is 0.609. The molecule has 7 nitrogen and oxygen atoms in total. The number of hydrogen-bond donors (Lipinski definition) is 2. The third-order valence-electron chi connectivity index (χ3n) is 5.37. The van der Waals surface area contributed by atoms with Crippen LogP contribution in [0.1, 0.15) is 62.8 Å². The van der Waals surface area contributed by atoms with Crippen molar-refractivity contribution in [3.8, 4) is 5.75 Å². The van der Waals surface area contributed by atoms with E-state index in [1.807, 2.05) is 0 Å². The standard InChI is InChI=1S/C23H36N6O.HI/c1-16(2)12-18(4)30-20-13-17(3)9-10-19(20)14-25-23(24-5)26-15-22-28-27-21-8-6-7-11-29(21)22;/h9-10,13,16,18H,6-8,11-12,14-15H2,1-5H3,(H2,24,25,26);1H. The minimum absolute atomic E-state index is 0. The third kappa shape index (κ3) is 7.36. The van der Waals surface area contributed by atoms with Gasteiger partial charge in [-0.1, -0.05) is 26.0 Å². The second-order valence-electron chi connectivity index (χ2n) is 8.59. The Labute approximate surface area is 203 Å². The summed E-state index contributed by atoms with van der Waals surface area (Å²) in [5, 5.41) is 15.4. The highest BCUT2D eigenvalue weighted by Crippen LogP contribution is 2.23. The van der Waals surface area contributed by atoms with Gasteiger partial charge in [-0.2, -0.15) is 0 Å². The Bertz CT molecular complexity index is 864. The number of aromatic nitrogens is 3. The van der Waals surface area contributed by atoms with Crippen LogP contribution in [0.3, 0.4) is 0 Å². The minimum Gasteiger partial charge on any atom is -0.490 e. The molecule has 0 spiro atoms. The van der Waals surface area contributed by atoms with Crippen LogP contribution in [0.4, 0.5) is 0 Å². The van der Waals surface area contributed by atoms with Gasteiger partial charge in [-0.25, -0.2) is 0 Å². The van der Waals surface area contributed by atoms with Crippen molar-refractivity contribution in [2.45, 2.75) is 79.1 Å². The molecule has 0 saturated heterocycles. The number of aryl methyl sites for hydroxylation is 2. The lowest BCUT2D eigenvalue weighted by Gasteiger charge is -2.20. The number of rotatable bonds is 8. The van der Waals surface area contributed by atoms with Crippen molar-refractivity contribution in [1.29, 1.82) is 0 Å². The smallest absolute Gasteiger partial charge is 0.191 e. The zero-order valence-corrected chi connectivity index (χ0v) is 21.8. The van der Waals surface area contributed by atoms with Crippen molar-refractivity contribution in [3.63, 3.8) is 0 Å². The summed E-state index contributed by atoms with van der Waals surface area (Å²) in [5.41, 5.74) is 2.32. The van der Waals surface area contributed by atoms with E-state index < -0.39 is 0 Å². The summed E-state index contributed by atoms with van der Waals surface area (Å²) in [6, 6.07) is 6.37. The molecule has 0 saturated carbocycles. The van der Waals surface area contributed by atoms with E-state index in [9.17, 15) is 0 Å². The van der Waals surface area contributed by atoms with Gasteiger partial charge in [-0.15, -0.1) is 34.2 Å². The molecule has 0 amide bonds. The maximum atomic E-state index is 6.26. The molecule has 2 heterocycles. The molecule has 1 atom stereocenters. The van der Waals surface area contributed by atoms with Gasteiger partial charge in [-0.05, 0) is 50.7 Å². The van der Waals surface area contributed by atoms with Crippen LogP contribution in [0.15, 0.2) is 23.2 Å². The van der Waals surface area contributed by atoms with Gasteiger partial charge >= 0.3 is 0 Å². The molecule has 1 aliphatic heterocycles. The van der Waals surface area contributed by atoms with Crippen LogP contribution in [0.5, 0.6) is 5.75 Å². The Kier molecular flexibility index (Phi) is 10.1. The van der Waals surface area contributed by atoms with E-state index in [0.29, 0.717) is 19.0 Å². The quantitative estimate of drug-likeness (QED) is 0.298. The largest absolute Gasteiger partial charge is 0.490 e. The summed E-state index contributed by atoms with van der Waals surface area (Å²) in [4.78, 5) is 4.36. The fourth-order valence-electron chi connectivity index (χ4n) is 3.91. The van der Waals surface area contributed by atoms with E-state index in [4.69, 9.17) is 4.74 Å². The number of halogens is 1. The zero-order chi connectivity index (χ0) is 21.5. The van der Waals surface area contributed by atoms with Crippen LogP contribution >= 0.6 is 24.0 Å². The Hall–Kier alpha value is -1.84. The number of nitrogens with one attached hydrogen (secondary N) is 2. The Morgan fingerprint density at radius 2 is 1.94 bits per heavy atom. The number of ether oxygens (including phenoxy) is 1. The van der Waals surface area contributed by atoms with Crippen LogP contribution < -0.4 is 15.4 Å². The van der Waals surface area contributed by atoms with Gasteiger partial charge in [0.15, 0.2) is 11.8 Å². The molecule has 0 bridgehead atoms. The molecule has 1 aromatic heterocycles. The number of aliphatic imine (C=N–C) groups is 1. The van der Waals surface area contributed by atoms with Crippen molar-refractivity contribution < 1.29 is 4.74 Å². The molecule has 2 N–H and O–H groups in total. The number of nitrogens with zero attached hydrogens (tertiary/aromatic N) is 4. The highest BCUT2D eigenvalue weighted by Gasteiger charge is 2.16. The molecule has 0 radical (unpaired) electrons. The molecule has 1 aliphatic rings. The van der Waals surface area contributed by atoms with Crippen LogP contribution in [-0.4, -0.2) is 33.9 Å². The maximum absolute atomic E-state index is 6.26. The lowest BCUT2D eigenvalue weighted by Crippen LogP contribution is -2.37. The summed E-state index contributed by atoms with van der Waals surface area (Å²) in [6.07, 6.45) is 4.63. The van der Waals surface area contributed by atoms with Crippen molar-refractivity contribution in [2.75, 3.05) is 7.05 Å². The normalized spacial score (nSPS) is 14.6. The highest BCUT2D eigenvalue weighted by atomic mass is 127. The van der Waals surface area contributed by atoms with Gasteiger partial charge in [-0.3, -0.25) is 4.99 Å². The summed E-state index contributed by atoms with van der Waals surface area (Å²) >= 11 is 0. The maximum Gasteiger partial charge on any atom is 0.191 e. The molecule has 2 aromatic rings. The fourth-order valence-corrected chi connectivity index (χ4v) is 3.91. The van der Waals surface area contributed by atoms with Crippen molar-refractivity contribution in [2.24, 2.45) is 10.9 Å². The second kappa shape index (κ2) is 12.3. The summed E-state index contributed by atoms with van der Waals surface area (Å²) < 4.78 is 8.49. The minimum atomic E-state index is 0. The molecule has 172 valence electrons. The lowest BCUT2D eigenvalue weighted by atomic mass is 10.1. The van der Waals surface area contributed by atoms with Crippen molar-refractivity contribution in [1.82, 2.24) is 25.4 Å². The van der Waals surface area contributed by atoms with Gasteiger partial charge in [0.1, 0.15) is 11.6 Å². The first-order chi connectivity index (χ1) is 14.5. The van der Waals surface area contributed by atoms with Gasteiger partial charge in [0, 0.05) is 32.1 Å². The summed E-state index contributed by atoms with van der Waals surface area (Å²) in [6.45, 7) is 10.9. The molecule has 1 aromatic carbocycles. The molecular formula is C23H37IN6O. The van der Waals surface area contributed by atoms with Gasteiger partial charge < -0.3 is 19.9 Å². The Balaban J connectivity index is 0.00000341. The van der Waals surface area contributed by atoms with Gasteiger partial charge in [0.2, 0.25) is 0 Å². The van der Waals surface area contributed by atoms with Crippen LogP contribution in [-0.2, 0) is 26.1 Å². The van der Waals surface area contributed by atoms with E-state index in [1.54, 1.807) is 7.05 Å². The molecule has 8 heteroatoms. The van der Waals surface area contributed by atoms with Crippen LogP contribution in [0, 0.1) is 12.8 Å². The highest BCUT2D eigenvalue weighted by molar-refractivity contribution is 14.0. The SMILES string of the molecule is CN=C(NCc1ccc(C)cc1OC(C)CC(C)C)NCc1nnc2n1CCCC2.I. The molecule has 0 aliphatic carbocycles. The molecule has 0 fully saturated rings. The van der Waals surface area contributed by atoms with E-state index in [0.717, 1.165) is 48.3 Å². The van der Waals surface area contributed by atoms with Gasteiger partial charge in [0.25, 0.3) is 0 Å². The first-order valence-corrected chi connectivity index (χ1v) is 11.1. The topological polar surface area (TPSA) is 76.4 Å². The van der Waals surface area contributed by atoms with E-state index in [-0.39, 0.29) is 30.1 Å². The number of hydrogen-bond acceptors (Lipinski definition) is 4. The van der Waals surface area contributed by atoms with Crippen molar-refractivity contribution in [3.05, 3.63) is 41.0 Å². The third-order valence-corrected chi connectivity index (χ3v) is 5.37. The number of fused-ring (bicyclic) bond motifs is 1. The Morgan fingerprint density at radius 3 is 2.68 bits per heavy atom. The predicted octanol–water partition coefficient (Wildman–Crippen LogP) is 4.22. The molecule has 31 heavy (non-hydrogen) atoms. The second-order valence-corrected chi connectivity index (χ2v) is 8.59. The van der Waals surface area contributed by atoms with Crippen LogP contribution in [0.25, 0.3) is 0 Å². The molecule has 1 unspecified atom stereocenters. The van der Waals surface area contributed by atoms with E-state index >= 15 is 0 Å².